The van der Waals surface area contributed by atoms with Gasteiger partial charge in [0.1, 0.15) is 6.61 Å². The monoisotopic (exact) mass is 280 g/mol. The van der Waals surface area contributed by atoms with Crippen molar-refractivity contribution in [2.24, 2.45) is 5.92 Å². The maximum Gasteiger partial charge on any atom is 0.162 e. The molecular formula is C19H20O2. The van der Waals surface area contributed by atoms with Gasteiger partial charge in [0, 0.05) is 0 Å². The molecular weight excluding hydrogens is 260 g/mol. The zero-order valence-corrected chi connectivity index (χ0v) is 12.1. The fourth-order valence-electron chi connectivity index (χ4n) is 2.11. The number of rotatable bonds is 7. The Hall–Kier alpha value is -2.22. The molecule has 0 aliphatic heterocycles. The summed E-state index contributed by atoms with van der Waals surface area (Å²) in [6.45, 7) is 5.14. The van der Waals surface area contributed by atoms with E-state index < -0.39 is 0 Å². The topological polar surface area (TPSA) is 18.5 Å². The molecule has 0 spiro atoms. The molecule has 0 saturated heterocycles. The van der Waals surface area contributed by atoms with E-state index in [9.17, 15) is 0 Å². The van der Waals surface area contributed by atoms with E-state index in [0.717, 1.165) is 35.2 Å². The van der Waals surface area contributed by atoms with Gasteiger partial charge in [-0.1, -0.05) is 49.1 Å². The summed E-state index contributed by atoms with van der Waals surface area (Å²) in [7, 11) is 0. The molecule has 2 heteroatoms. The Balaban J connectivity index is 1.71. The molecule has 3 rings (SSSR count). The molecule has 0 radical (unpaired) electrons. The van der Waals surface area contributed by atoms with Gasteiger partial charge in [0.25, 0.3) is 0 Å². The van der Waals surface area contributed by atoms with E-state index in [1.807, 2.05) is 42.5 Å². The van der Waals surface area contributed by atoms with Crippen LogP contribution in [0.25, 0.3) is 6.08 Å². The van der Waals surface area contributed by atoms with Crippen LogP contribution in [-0.4, -0.2) is 6.61 Å². The van der Waals surface area contributed by atoms with Crippen LogP contribution in [0.4, 0.5) is 0 Å². The Kier molecular flexibility index (Phi) is 4.25. The van der Waals surface area contributed by atoms with Crippen molar-refractivity contribution in [3.63, 3.8) is 0 Å². The minimum atomic E-state index is 0.543. The van der Waals surface area contributed by atoms with Crippen LogP contribution in [0.5, 0.6) is 11.5 Å². The highest BCUT2D eigenvalue weighted by atomic mass is 16.5. The lowest BCUT2D eigenvalue weighted by molar-refractivity contribution is 0.254. The molecule has 0 heterocycles. The van der Waals surface area contributed by atoms with Crippen LogP contribution < -0.4 is 9.47 Å². The van der Waals surface area contributed by atoms with Gasteiger partial charge in [0.05, 0.1) is 6.61 Å². The van der Waals surface area contributed by atoms with Gasteiger partial charge < -0.3 is 9.47 Å². The van der Waals surface area contributed by atoms with E-state index >= 15 is 0 Å². The fourth-order valence-corrected chi connectivity index (χ4v) is 2.11. The van der Waals surface area contributed by atoms with Crippen LogP contribution in [-0.2, 0) is 6.61 Å². The summed E-state index contributed by atoms with van der Waals surface area (Å²) in [6, 6.07) is 16.1. The minimum absolute atomic E-state index is 0.543. The van der Waals surface area contributed by atoms with Crippen molar-refractivity contribution in [2.75, 3.05) is 6.61 Å². The summed E-state index contributed by atoms with van der Waals surface area (Å²) in [4.78, 5) is 0. The summed E-state index contributed by atoms with van der Waals surface area (Å²) in [5.74, 6) is 2.34. The Labute approximate surface area is 126 Å². The van der Waals surface area contributed by atoms with Gasteiger partial charge in [-0.25, -0.2) is 0 Å². The summed E-state index contributed by atoms with van der Waals surface area (Å²) in [5, 5.41) is 0. The molecule has 0 unspecified atom stereocenters. The van der Waals surface area contributed by atoms with Crippen molar-refractivity contribution in [2.45, 2.75) is 19.4 Å². The number of ether oxygens (including phenoxy) is 2. The van der Waals surface area contributed by atoms with Crippen LogP contribution in [0.2, 0.25) is 0 Å². The van der Waals surface area contributed by atoms with E-state index in [2.05, 4.69) is 18.7 Å². The van der Waals surface area contributed by atoms with Crippen LogP contribution in [0.15, 0.2) is 55.1 Å². The Morgan fingerprint density at radius 3 is 2.52 bits per heavy atom. The molecule has 1 aliphatic carbocycles. The molecule has 1 saturated carbocycles. The minimum Gasteiger partial charge on any atom is -0.489 e. The van der Waals surface area contributed by atoms with E-state index in [-0.39, 0.29) is 0 Å². The maximum absolute atomic E-state index is 5.95. The molecule has 21 heavy (non-hydrogen) atoms. The van der Waals surface area contributed by atoms with Crippen molar-refractivity contribution in [3.05, 3.63) is 66.2 Å². The van der Waals surface area contributed by atoms with Crippen LogP contribution >= 0.6 is 0 Å². The normalized spacial score (nSPS) is 13.7. The second-order valence-electron chi connectivity index (χ2n) is 5.44. The largest absolute Gasteiger partial charge is 0.489 e. The third-order valence-electron chi connectivity index (χ3n) is 3.61. The van der Waals surface area contributed by atoms with E-state index in [0.29, 0.717) is 6.61 Å². The highest BCUT2D eigenvalue weighted by Gasteiger charge is 2.22. The fraction of sp³-hybridized carbons (Fsp3) is 0.263. The predicted molar refractivity (Wildman–Crippen MR) is 85.5 cm³/mol. The molecule has 0 atom stereocenters. The molecule has 0 N–H and O–H groups in total. The third-order valence-corrected chi connectivity index (χ3v) is 3.61. The molecule has 2 aromatic rings. The number of benzene rings is 2. The molecule has 1 fully saturated rings. The number of hydrogen-bond donors (Lipinski definition) is 0. The average molecular weight is 280 g/mol. The first-order chi connectivity index (χ1) is 10.3. The molecule has 108 valence electrons. The summed E-state index contributed by atoms with van der Waals surface area (Å²) >= 11 is 0. The summed E-state index contributed by atoms with van der Waals surface area (Å²) < 4.78 is 11.8. The van der Waals surface area contributed by atoms with Crippen molar-refractivity contribution in [3.8, 4) is 11.5 Å². The van der Waals surface area contributed by atoms with Crippen molar-refractivity contribution in [1.29, 1.82) is 0 Å². The zero-order valence-electron chi connectivity index (χ0n) is 12.1. The summed E-state index contributed by atoms with van der Waals surface area (Å²) in [5.41, 5.74) is 2.19. The van der Waals surface area contributed by atoms with E-state index in [4.69, 9.17) is 9.47 Å². The number of hydrogen-bond acceptors (Lipinski definition) is 2. The Morgan fingerprint density at radius 2 is 1.81 bits per heavy atom. The highest BCUT2D eigenvalue weighted by Crippen LogP contribution is 2.34. The lowest BCUT2D eigenvalue weighted by atomic mass is 10.2. The van der Waals surface area contributed by atoms with Crippen LogP contribution in [0, 0.1) is 5.92 Å². The molecule has 0 amide bonds. The van der Waals surface area contributed by atoms with Gasteiger partial charge in [-0.05, 0) is 42.0 Å². The SMILES string of the molecule is C=Cc1ccc(OCC2CC2)c(OCc2ccccc2)c1. The van der Waals surface area contributed by atoms with Crippen LogP contribution in [0.3, 0.4) is 0 Å². The van der Waals surface area contributed by atoms with E-state index in [1.165, 1.54) is 12.8 Å². The van der Waals surface area contributed by atoms with Crippen molar-refractivity contribution >= 4 is 6.08 Å². The summed E-state index contributed by atoms with van der Waals surface area (Å²) in [6.07, 6.45) is 4.38. The Morgan fingerprint density at radius 1 is 1.00 bits per heavy atom. The van der Waals surface area contributed by atoms with Crippen molar-refractivity contribution in [1.82, 2.24) is 0 Å². The molecule has 2 nitrogen and oxygen atoms in total. The van der Waals surface area contributed by atoms with Gasteiger partial charge in [-0.2, -0.15) is 0 Å². The van der Waals surface area contributed by atoms with Crippen LogP contribution in [0.1, 0.15) is 24.0 Å². The first-order valence-electron chi connectivity index (χ1n) is 7.41. The van der Waals surface area contributed by atoms with Crippen molar-refractivity contribution < 1.29 is 9.47 Å². The predicted octanol–water partition coefficient (Wildman–Crippen LogP) is 4.70. The third kappa shape index (κ3) is 3.88. The van der Waals surface area contributed by atoms with Gasteiger partial charge in [0.15, 0.2) is 11.5 Å². The lowest BCUT2D eigenvalue weighted by Crippen LogP contribution is -2.03. The molecule has 0 bridgehead atoms. The molecule has 0 aromatic heterocycles. The quantitative estimate of drug-likeness (QED) is 0.732. The molecule has 1 aliphatic rings. The maximum atomic E-state index is 5.95. The smallest absolute Gasteiger partial charge is 0.162 e. The van der Waals surface area contributed by atoms with Gasteiger partial charge in [0.2, 0.25) is 0 Å². The van der Waals surface area contributed by atoms with Gasteiger partial charge in [-0.15, -0.1) is 0 Å². The second-order valence-corrected chi connectivity index (χ2v) is 5.44. The second kappa shape index (κ2) is 6.49. The standard InChI is InChI=1S/C19H20O2/c1-2-15-10-11-18(20-14-17-8-9-17)19(12-15)21-13-16-6-4-3-5-7-16/h2-7,10-12,17H,1,8-9,13-14H2. The van der Waals surface area contributed by atoms with Gasteiger partial charge in [-0.3, -0.25) is 0 Å². The lowest BCUT2D eigenvalue weighted by Gasteiger charge is -2.13. The molecule has 2 aromatic carbocycles. The first-order valence-corrected chi connectivity index (χ1v) is 7.41. The first kappa shape index (κ1) is 13.7. The highest BCUT2D eigenvalue weighted by molar-refractivity contribution is 5.54. The zero-order chi connectivity index (χ0) is 14.5. The van der Waals surface area contributed by atoms with Gasteiger partial charge >= 0.3 is 0 Å². The van der Waals surface area contributed by atoms with E-state index in [1.54, 1.807) is 0 Å². The Bertz CT molecular complexity index is 600. The average Bonchev–Trinajstić information content (AvgIpc) is 3.36.